The van der Waals surface area contributed by atoms with Gasteiger partial charge in [0.25, 0.3) is 0 Å². The Labute approximate surface area is 167 Å². The molecule has 27 heavy (non-hydrogen) atoms. The van der Waals surface area contributed by atoms with E-state index < -0.39 is 0 Å². The molecule has 1 aromatic rings. The predicted octanol–water partition coefficient (Wildman–Crippen LogP) is 2.31. The van der Waals surface area contributed by atoms with E-state index >= 15 is 0 Å². The van der Waals surface area contributed by atoms with Crippen molar-refractivity contribution in [2.45, 2.75) is 32.2 Å². The largest absolute Gasteiger partial charge is 0.379 e. The smallest absolute Gasteiger partial charge is 0.191 e. The van der Waals surface area contributed by atoms with Crippen molar-refractivity contribution in [1.29, 1.82) is 0 Å². The van der Waals surface area contributed by atoms with Crippen molar-refractivity contribution in [3.8, 4) is 0 Å². The molecule has 0 saturated carbocycles. The number of halogens is 1. The molecular formula is C19H32ClN5O2. The van der Waals surface area contributed by atoms with Crippen LogP contribution in [0.1, 0.15) is 26.2 Å². The summed E-state index contributed by atoms with van der Waals surface area (Å²) in [6.07, 6.45) is 5.05. The highest BCUT2D eigenvalue weighted by Crippen LogP contribution is 2.25. The Balaban J connectivity index is 1.60. The molecule has 0 aromatic carbocycles. The molecule has 0 aliphatic carbocycles. The van der Waals surface area contributed by atoms with E-state index in [4.69, 9.17) is 21.1 Å². The first kappa shape index (κ1) is 21.7. The van der Waals surface area contributed by atoms with E-state index in [2.05, 4.69) is 32.4 Å². The molecule has 1 fully saturated rings. The second kappa shape index (κ2) is 12.8. The summed E-state index contributed by atoms with van der Waals surface area (Å²) < 4.78 is 11.0. The van der Waals surface area contributed by atoms with Crippen LogP contribution in [-0.4, -0.2) is 70.1 Å². The van der Waals surface area contributed by atoms with Crippen LogP contribution in [0.2, 0.25) is 5.02 Å². The standard InChI is InChI=1S/C19H32ClN5O2/c1-3-4-11-26-13-14-27-12-9-23-19(21-2)24-16-7-10-25(15-16)18-17(20)6-5-8-22-18/h5-6,8,16H,3-4,7,9-15H2,1-2H3,(H2,21,23,24). The van der Waals surface area contributed by atoms with E-state index in [1.807, 2.05) is 12.1 Å². The minimum Gasteiger partial charge on any atom is -0.379 e. The molecule has 0 bridgehead atoms. The van der Waals surface area contributed by atoms with Gasteiger partial charge in [-0.25, -0.2) is 4.98 Å². The normalized spacial score (nSPS) is 17.4. The second-order valence-electron chi connectivity index (χ2n) is 6.46. The summed E-state index contributed by atoms with van der Waals surface area (Å²) in [4.78, 5) is 10.9. The number of hydrogen-bond donors (Lipinski definition) is 2. The first-order chi connectivity index (χ1) is 13.2. The van der Waals surface area contributed by atoms with Gasteiger partial charge in [-0.15, -0.1) is 0 Å². The first-order valence-electron chi connectivity index (χ1n) is 9.72. The number of anilines is 1. The molecule has 152 valence electrons. The number of ether oxygens (including phenoxy) is 2. The van der Waals surface area contributed by atoms with Gasteiger partial charge in [0.05, 0.1) is 24.8 Å². The number of aliphatic imine (C=N–C) groups is 1. The van der Waals surface area contributed by atoms with Crippen LogP contribution in [0.3, 0.4) is 0 Å². The maximum absolute atomic E-state index is 6.25. The molecule has 2 N–H and O–H groups in total. The van der Waals surface area contributed by atoms with Crippen LogP contribution < -0.4 is 15.5 Å². The summed E-state index contributed by atoms with van der Waals surface area (Å²) in [5.74, 6) is 1.64. The molecule has 7 nitrogen and oxygen atoms in total. The molecule has 1 unspecified atom stereocenters. The van der Waals surface area contributed by atoms with Gasteiger partial charge in [-0.3, -0.25) is 4.99 Å². The Morgan fingerprint density at radius 2 is 2.15 bits per heavy atom. The van der Waals surface area contributed by atoms with Gasteiger partial charge in [0.1, 0.15) is 5.82 Å². The fraction of sp³-hybridized carbons (Fsp3) is 0.684. The van der Waals surface area contributed by atoms with Crippen LogP contribution in [0, 0.1) is 0 Å². The summed E-state index contributed by atoms with van der Waals surface area (Å²) in [5, 5.41) is 7.43. The van der Waals surface area contributed by atoms with Gasteiger partial charge in [-0.05, 0) is 25.0 Å². The van der Waals surface area contributed by atoms with E-state index in [1.54, 1.807) is 13.2 Å². The third-order valence-electron chi connectivity index (χ3n) is 4.34. The van der Waals surface area contributed by atoms with E-state index in [1.165, 1.54) is 0 Å². The van der Waals surface area contributed by atoms with Gasteiger partial charge >= 0.3 is 0 Å². The minimum absolute atomic E-state index is 0.308. The van der Waals surface area contributed by atoms with Gasteiger partial charge in [0, 0.05) is 45.5 Å². The molecule has 0 amide bonds. The van der Waals surface area contributed by atoms with Gasteiger partial charge < -0.3 is 25.0 Å². The second-order valence-corrected chi connectivity index (χ2v) is 6.87. The Hall–Kier alpha value is -1.57. The SMILES string of the molecule is CCCCOCCOCCNC(=NC)NC1CCN(c2ncccc2Cl)C1. The maximum Gasteiger partial charge on any atom is 0.191 e. The summed E-state index contributed by atoms with van der Waals surface area (Å²) in [6, 6.07) is 4.03. The molecule has 1 aliphatic heterocycles. The highest BCUT2D eigenvalue weighted by atomic mass is 35.5. The van der Waals surface area contributed by atoms with Crippen molar-refractivity contribution in [3.63, 3.8) is 0 Å². The number of guanidine groups is 1. The topological polar surface area (TPSA) is 71.0 Å². The van der Waals surface area contributed by atoms with Crippen molar-refractivity contribution in [1.82, 2.24) is 15.6 Å². The number of aromatic nitrogens is 1. The Morgan fingerprint density at radius 1 is 1.33 bits per heavy atom. The molecule has 2 heterocycles. The number of nitrogens with zero attached hydrogens (tertiary/aromatic N) is 3. The molecule has 1 aromatic heterocycles. The summed E-state index contributed by atoms with van der Waals surface area (Å²) in [7, 11) is 1.78. The van der Waals surface area contributed by atoms with Gasteiger partial charge in [0.15, 0.2) is 5.96 Å². The lowest BCUT2D eigenvalue weighted by Crippen LogP contribution is -2.45. The number of pyridine rings is 1. The molecule has 1 atom stereocenters. The minimum atomic E-state index is 0.308. The van der Waals surface area contributed by atoms with E-state index in [0.29, 0.717) is 37.4 Å². The van der Waals surface area contributed by atoms with Crippen LogP contribution in [-0.2, 0) is 9.47 Å². The van der Waals surface area contributed by atoms with Gasteiger partial charge in [0.2, 0.25) is 0 Å². The molecule has 2 rings (SSSR count). The summed E-state index contributed by atoms with van der Waals surface area (Å²) in [6.45, 7) is 7.35. The highest BCUT2D eigenvalue weighted by Gasteiger charge is 2.25. The van der Waals surface area contributed by atoms with Crippen molar-refractivity contribution >= 4 is 23.4 Å². The van der Waals surface area contributed by atoms with Crippen LogP contribution in [0.15, 0.2) is 23.3 Å². The van der Waals surface area contributed by atoms with Crippen molar-refractivity contribution in [2.24, 2.45) is 4.99 Å². The molecule has 1 aliphatic rings. The molecule has 1 saturated heterocycles. The number of rotatable bonds is 11. The van der Waals surface area contributed by atoms with Crippen molar-refractivity contribution in [3.05, 3.63) is 23.4 Å². The number of nitrogens with one attached hydrogen (secondary N) is 2. The van der Waals surface area contributed by atoms with Gasteiger partial charge in [-0.2, -0.15) is 0 Å². The van der Waals surface area contributed by atoms with Gasteiger partial charge in [-0.1, -0.05) is 24.9 Å². The van der Waals surface area contributed by atoms with Crippen molar-refractivity contribution < 1.29 is 9.47 Å². The Kier molecular flexibility index (Phi) is 10.3. The molecule has 8 heteroatoms. The highest BCUT2D eigenvalue weighted by molar-refractivity contribution is 6.32. The lowest BCUT2D eigenvalue weighted by atomic mass is 10.3. The molecule has 0 radical (unpaired) electrons. The first-order valence-corrected chi connectivity index (χ1v) is 10.1. The summed E-state index contributed by atoms with van der Waals surface area (Å²) in [5.41, 5.74) is 0. The average Bonchev–Trinajstić information content (AvgIpc) is 3.14. The van der Waals surface area contributed by atoms with E-state index in [-0.39, 0.29) is 0 Å². The van der Waals surface area contributed by atoms with E-state index in [0.717, 1.165) is 50.7 Å². The summed E-state index contributed by atoms with van der Waals surface area (Å²) >= 11 is 6.25. The fourth-order valence-corrected chi connectivity index (χ4v) is 3.12. The van der Waals surface area contributed by atoms with Crippen LogP contribution in [0.5, 0.6) is 0 Å². The quantitative estimate of drug-likeness (QED) is 0.339. The predicted molar refractivity (Wildman–Crippen MR) is 111 cm³/mol. The Morgan fingerprint density at radius 3 is 2.89 bits per heavy atom. The van der Waals surface area contributed by atoms with Crippen LogP contribution in [0.25, 0.3) is 0 Å². The monoisotopic (exact) mass is 397 g/mol. The zero-order valence-electron chi connectivity index (χ0n) is 16.4. The average molecular weight is 398 g/mol. The third-order valence-corrected chi connectivity index (χ3v) is 4.64. The lowest BCUT2D eigenvalue weighted by molar-refractivity contribution is 0.0487. The van der Waals surface area contributed by atoms with Crippen molar-refractivity contribution in [2.75, 3.05) is 58.0 Å². The van der Waals surface area contributed by atoms with Crippen LogP contribution in [0.4, 0.5) is 5.82 Å². The number of hydrogen-bond acceptors (Lipinski definition) is 5. The molecule has 0 spiro atoms. The Bertz CT molecular complexity index is 573. The lowest BCUT2D eigenvalue weighted by Gasteiger charge is -2.20. The van der Waals surface area contributed by atoms with E-state index in [9.17, 15) is 0 Å². The third kappa shape index (κ3) is 7.91. The maximum atomic E-state index is 6.25. The fourth-order valence-electron chi connectivity index (χ4n) is 2.88. The zero-order valence-corrected chi connectivity index (χ0v) is 17.2. The number of unbranched alkanes of at least 4 members (excludes halogenated alkanes) is 1. The van der Waals surface area contributed by atoms with Crippen LogP contribution >= 0.6 is 11.6 Å². The molecular weight excluding hydrogens is 366 g/mol. The zero-order chi connectivity index (χ0) is 19.3.